The zero-order chi connectivity index (χ0) is 8.55. The van der Waals surface area contributed by atoms with Gasteiger partial charge in [0.25, 0.3) is 0 Å². The van der Waals surface area contributed by atoms with Crippen molar-refractivity contribution in [2.75, 3.05) is 0 Å². The molecule has 2 heteroatoms. The van der Waals surface area contributed by atoms with Crippen LogP contribution in [0.3, 0.4) is 0 Å². The van der Waals surface area contributed by atoms with Gasteiger partial charge in [-0.2, -0.15) is 0 Å². The van der Waals surface area contributed by atoms with Crippen LogP contribution in [-0.4, -0.2) is 18.0 Å². The minimum Gasteiger partial charge on any atom is -0.361 e. The fourth-order valence-corrected chi connectivity index (χ4v) is 2.27. The lowest BCUT2D eigenvalue weighted by molar-refractivity contribution is -0.118. The van der Waals surface area contributed by atoms with E-state index in [0.717, 1.165) is 0 Å². The molecule has 0 aromatic rings. The van der Waals surface area contributed by atoms with Crippen molar-refractivity contribution >= 4 is 5.78 Å². The lowest BCUT2D eigenvalue weighted by Gasteiger charge is -2.19. The van der Waals surface area contributed by atoms with Crippen molar-refractivity contribution < 1.29 is 9.53 Å². The van der Waals surface area contributed by atoms with E-state index < -0.39 is 0 Å². The molecule has 1 heterocycles. The molecule has 0 aromatic heterocycles. The maximum absolute atomic E-state index is 10.9. The highest BCUT2D eigenvalue weighted by Gasteiger charge is 2.47. The van der Waals surface area contributed by atoms with E-state index in [0.29, 0.717) is 12.0 Å². The fraction of sp³-hybridized carbons (Fsp3) is 0.900. The van der Waals surface area contributed by atoms with Crippen LogP contribution in [0, 0.1) is 5.92 Å². The summed E-state index contributed by atoms with van der Waals surface area (Å²) in [5.41, 5.74) is 0. The first-order valence-electron chi connectivity index (χ1n) is 4.95. The second-order valence-electron chi connectivity index (χ2n) is 4.03. The molecular formula is C10H16O2. The molecule has 2 aliphatic rings. The van der Waals surface area contributed by atoms with E-state index in [1.165, 1.54) is 32.1 Å². The smallest absolute Gasteiger partial charge is 0.161 e. The van der Waals surface area contributed by atoms with E-state index in [9.17, 15) is 4.79 Å². The molecule has 2 fully saturated rings. The summed E-state index contributed by atoms with van der Waals surface area (Å²) in [7, 11) is 0. The van der Waals surface area contributed by atoms with Crippen LogP contribution < -0.4 is 0 Å². The Bertz CT molecular complexity index is 182. The number of ether oxygens (including phenoxy) is 1. The molecule has 1 saturated heterocycles. The molecule has 2 atom stereocenters. The van der Waals surface area contributed by atoms with E-state index in [1.54, 1.807) is 6.92 Å². The molecule has 0 spiro atoms. The number of hydrogen-bond acceptors (Lipinski definition) is 2. The molecule has 0 N–H and O–H groups in total. The number of hydrogen-bond donors (Lipinski definition) is 0. The predicted molar refractivity (Wildman–Crippen MR) is 45.9 cm³/mol. The van der Waals surface area contributed by atoms with Gasteiger partial charge in [0.2, 0.25) is 0 Å². The standard InChI is InChI=1S/C10H16O2/c1-7(11)9-10(12-9)8-5-3-2-4-6-8/h8-10H,2-6H2,1H3. The Balaban J connectivity index is 1.83. The number of Topliss-reactive ketones (excluding diaryl/α,β-unsaturated/α-hetero) is 1. The fourth-order valence-electron chi connectivity index (χ4n) is 2.27. The molecule has 1 aliphatic heterocycles. The van der Waals surface area contributed by atoms with E-state index >= 15 is 0 Å². The summed E-state index contributed by atoms with van der Waals surface area (Å²) in [4.78, 5) is 10.9. The van der Waals surface area contributed by atoms with Crippen LogP contribution in [0.4, 0.5) is 0 Å². The molecule has 68 valence electrons. The minimum absolute atomic E-state index is 0.0342. The van der Waals surface area contributed by atoms with Gasteiger partial charge in [-0.25, -0.2) is 0 Å². The highest BCUT2D eigenvalue weighted by atomic mass is 16.6. The number of epoxide rings is 1. The average molecular weight is 168 g/mol. The van der Waals surface area contributed by atoms with Gasteiger partial charge in [-0.05, 0) is 25.7 Å². The third kappa shape index (κ3) is 1.53. The Morgan fingerprint density at radius 2 is 1.92 bits per heavy atom. The second kappa shape index (κ2) is 3.17. The van der Waals surface area contributed by atoms with Crippen molar-refractivity contribution in [3.63, 3.8) is 0 Å². The molecule has 0 bridgehead atoms. The van der Waals surface area contributed by atoms with Crippen LogP contribution in [0.15, 0.2) is 0 Å². The first-order valence-corrected chi connectivity index (χ1v) is 4.95. The van der Waals surface area contributed by atoms with Crippen LogP contribution >= 0.6 is 0 Å². The Morgan fingerprint density at radius 3 is 2.42 bits per heavy atom. The SMILES string of the molecule is CC(=O)C1OC1C1CCCCC1. The summed E-state index contributed by atoms with van der Waals surface area (Å²) >= 11 is 0. The Labute approximate surface area is 73.3 Å². The highest BCUT2D eigenvalue weighted by molar-refractivity contribution is 5.83. The minimum atomic E-state index is -0.0342. The molecule has 12 heavy (non-hydrogen) atoms. The maximum Gasteiger partial charge on any atom is 0.161 e. The molecular weight excluding hydrogens is 152 g/mol. The summed E-state index contributed by atoms with van der Waals surface area (Å²) < 4.78 is 5.37. The van der Waals surface area contributed by atoms with Crippen molar-refractivity contribution in [1.82, 2.24) is 0 Å². The van der Waals surface area contributed by atoms with Gasteiger partial charge >= 0.3 is 0 Å². The van der Waals surface area contributed by atoms with Gasteiger partial charge in [0, 0.05) is 0 Å². The number of carbonyl (C=O) groups is 1. The zero-order valence-corrected chi connectivity index (χ0v) is 7.58. The first kappa shape index (κ1) is 8.24. The van der Waals surface area contributed by atoms with Crippen LogP contribution in [0.1, 0.15) is 39.0 Å². The second-order valence-corrected chi connectivity index (χ2v) is 4.03. The largest absolute Gasteiger partial charge is 0.361 e. The van der Waals surface area contributed by atoms with Crippen LogP contribution in [0.5, 0.6) is 0 Å². The van der Waals surface area contributed by atoms with Gasteiger partial charge in [0.1, 0.15) is 6.10 Å². The molecule has 0 amide bonds. The Hall–Kier alpha value is -0.370. The van der Waals surface area contributed by atoms with Gasteiger partial charge in [-0.3, -0.25) is 4.79 Å². The normalized spacial score (nSPS) is 36.4. The van der Waals surface area contributed by atoms with E-state index in [-0.39, 0.29) is 11.9 Å². The lowest BCUT2D eigenvalue weighted by atomic mass is 9.85. The monoisotopic (exact) mass is 168 g/mol. The summed E-state index contributed by atoms with van der Waals surface area (Å²) in [5, 5.41) is 0. The molecule has 1 aliphatic carbocycles. The molecule has 0 radical (unpaired) electrons. The zero-order valence-electron chi connectivity index (χ0n) is 7.58. The lowest BCUT2D eigenvalue weighted by Crippen LogP contribution is -2.17. The van der Waals surface area contributed by atoms with Crippen molar-refractivity contribution in [3.8, 4) is 0 Å². The van der Waals surface area contributed by atoms with E-state index in [1.807, 2.05) is 0 Å². The molecule has 2 unspecified atom stereocenters. The summed E-state index contributed by atoms with van der Waals surface area (Å²) in [6, 6.07) is 0. The number of carbonyl (C=O) groups excluding carboxylic acids is 1. The molecule has 0 aromatic carbocycles. The predicted octanol–water partition coefficient (Wildman–Crippen LogP) is 1.92. The number of ketones is 1. The van der Waals surface area contributed by atoms with Crippen molar-refractivity contribution in [2.45, 2.75) is 51.2 Å². The summed E-state index contributed by atoms with van der Waals surface area (Å²) in [6.45, 7) is 1.63. The number of rotatable bonds is 2. The average Bonchev–Trinajstić information content (AvgIpc) is 2.84. The van der Waals surface area contributed by atoms with Crippen molar-refractivity contribution in [3.05, 3.63) is 0 Å². The summed E-state index contributed by atoms with van der Waals surface area (Å²) in [5.74, 6) is 0.901. The third-order valence-corrected chi connectivity index (χ3v) is 3.04. The van der Waals surface area contributed by atoms with Crippen LogP contribution in [-0.2, 0) is 9.53 Å². The van der Waals surface area contributed by atoms with Gasteiger partial charge in [0.15, 0.2) is 5.78 Å². The topological polar surface area (TPSA) is 29.6 Å². The van der Waals surface area contributed by atoms with Crippen LogP contribution in [0.2, 0.25) is 0 Å². The molecule has 2 nitrogen and oxygen atoms in total. The maximum atomic E-state index is 10.9. The van der Waals surface area contributed by atoms with Crippen molar-refractivity contribution in [1.29, 1.82) is 0 Å². The highest BCUT2D eigenvalue weighted by Crippen LogP contribution is 2.38. The van der Waals surface area contributed by atoms with Gasteiger partial charge in [-0.1, -0.05) is 19.3 Å². The summed E-state index contributed by atoms with van der Waals surface area (Å²) in [6.07, 6.45) is 6.83. The molecule has 1 saturated carbocycles. The van der Waals surface area contributed by atoms with E-state index in [4.69, 9.17) is 4.74 Å². The van der Waals surface area contributed by atoms with E-state index in [2.05, 4.69) is 0 Å². The van der Waals surface area contributed by atoms with Crippen LogP contribution in [0.25, 0.3) is 0 Å². The quantitative estimate of drug-likeness (QED) is 0.589. The van der Waals surface area contributed by atoms with Crippen molar-refractivity contribution in [2.24, 2.45) is 5.92 Å². The van der Waals surface area contributed by atoms with Gasteiger partial charge in [0.05, 0.1) is 6.10 Å². The Kier molecular flexibility index (Phi) is 2.18. The third-order valence-electron chi connectivity index (χ3n) is 3.04. The van der Waals surface area contributed by atoms with Gasteiger partial charge in [-0.15, -0.1) is 0 Å². The first-order chi connectivity index (χ1) is 5.79. The Morgan fingerprint density at radius 1 is 1.25 bits per heavy atom. The molecule has 2 rings (SSSR count). The van der Waals surface area contributed by atoms with Gasteiger partial charge < -0.3 is 4.74 Å².